The minimum absolute atomic E-state index is 0.0129. The third-order valence-corrected chi connectivity index (χ3v) is 4.10. The fourth-order valence-electron chi connectivity index (χ4n) is 2.53. The molecule has 23 heavy (non-hydrogen) atoms. The highest BCUT2D eigenvalue weighted by Crippen LogP contribution is 2.17. The Balaban J connectivity index is 1.76. The van der Waals surface area contributed by atoms with Crippen LogP contribution in [0.2, 0.25) is 0 Å². The van der Waals surface area contributed by atoms with Crippen LogP contribution < -0.4 is 0 Å². The third kappa shape index (κ3) is 3.23. The lowest BCUT2D eigenvalue weighted by molar-refractivity contribution is -0.131. The number of aromatic nitrogens is 3. The van der Waals surface area contributed by atoms with E-state index in [0.29, 0.717) is 6.54 Å². The third-order valence-electron chi connectivity index (χ3n) is 4.10. The van der Waals surface area contributed by atoms with Crippen molar-refractivity contribution in [2.45, 2.75) is 26.9 Å². The molecule has 5 heteroatoms. The number of likely N-dealkylation sites (N-methyl/N-ethyl adjacent to an activating group) is 1. The highest BCUT2D eigenvalue weighted by atomic mass is 16.2. The summed E-state index contributed by atoms with van der Waals surface area (Å²) < 4.78 is 1.67. The Labute approximate surface area is 135 Å². The predicted octanol–water partition coefficient (Wildman–Crippen LogP) is 2.71. The van der Waals surface area contributed by atoms with Crippen LogP contribution in [0.15, 0.2) is 42.5 Å². The molecular formula is C18H20N4O. The minimum Gasteiger partial charge on any atom is -0.340 e. The maximum absolute atomic E-state index is 12.4. The second-order valence-electron chi connectivity index (χ2n) is 5.91. The molecule has 3 aromatic rings. The fraction of sp³-hybridized carbons (Fsp3) is 0.278. The van der Waals surface area contributed by atoms with E-state index in [9.17, 15) is 4.79 Å². The monoisotopic (exact) mass is 308 g/mol. The van der Waals surface area contributed by atoms with E-state index in [1.807, 2.05) is 56.4 Å². The van der Waals surface area contributed by atoms with Crippen LogP contribution in [0.4, 0.5) is 0 Å². The predicted molar refractivity (Wildman–Crippen MR) is 89.9 cm³/mol. The van der Waals surface area contributed by atoms with Crippen molar-refractivity contribution in [3.8, 4) is 0 Å². The van der Waals surface area contributed by atoms with Crippen molar-refractivity contribution in [2.75, 3.05) is 7.05 Å². The molecule has 5 nitrogen and oxygen atoms in total. The molecule has 2 aromatic carbocycles. The molecule has 0 saturated heterocycles. The number of carbonyl (C=O) groups excluding carboxylic acids is 1. The number of carbonyl (C=O) groups is 1. The first-order chi connectivity index (χ1) is 11.0. The number of amides is 1. The Morgan fingerprint density at radius 3 is 2.57 bits per heavy atom. The average Bonchev–Trinajstić information content (AvgIpc) is 2.91. The van der Waals surface area contributed by atoms with Gasteiger partial charge in [-0.15, -0.1) is 5.10 Å². The number of aryl methyl sites for hydroxylation is 2. The Morgan fingerprint density at radius 2 is 1.83 bits per heavy atom. The van der Waals surface area contributed by atoms with E-state index in [2.05, 4.69) is 17.2 Å². The molecule has 0 fully saturated rings. The van der Waals surface area contributed by atoms with Crippen LogP contribution in [-0.4, -0.2) is 32.8 Å². The van der Waals surface area contributed by atoms with Crippen LogP contribution in [0.5, 0.6) is 0 Å². The molecule has 3 rings (SSSR count). The molecule has 1 heterocycles. The summed E-state index contributed by atoms with van der Waals surface area (Å²) in [6, 6.07) is 14.0. The minimum atomic E-state index is 0.0129. The van der Waals surface area contributed by atoms with E-state index < -0.39 is 0 Å². The number of fused-ring (bicyclic) bond motifs is 1. The zero-order chi connectivity index (χ0) is 16.4. The van der Waals surface area contributed by atoms with Gasteiger partial charge in [0.2, 0.25) is 5.91 Å². The van der Waals surface area contributed by atoms with Crippen LogP contribution >= 0.6 is 0 Å². The van der Waals surface area contributed by atoms with Crippen molar-refractivity contribution in [3.05, 3.63) is 59.2 Å². The summed E-state index contributed by atoms with van der Waals surface area (Å²) in [4.78, 5) is 14.2. The van der Waals surface area contributed by atoms with Gasteiger partial charge < -0.3 is 4.90 Å². The van der Waals surface area contributed by atoms with E-state index in [1.165, 1.54) is 11.1 Å². The number of benzene rings is 2. The van der Waals surface area contributed by atoms with E-state index in [4.69, 9.17) is 0 Å². The molecule has 0 radical (unpaired) electrons. The summed E-state index contributed by atoms with van der Waals surface area (Å²) >= 11 is 0. The first-order valence-corrected chi connectivity index (χ1v) is 7.63. The van der Waals surface area contributed by atoms with Crippen molar-refractivity contribution in [1.29, 1.82) is 0 Å². The number of hydrogen-bond acceptors (Lipinski definition) is 3. The number of hydrogen-bond donors (Lipinski definition) is 0. The van der Waals surface area contributed by atoms with E-state index in [0.717, 1.165) is 16.6 Å². The first-order valence-electron chi connectivity index (χ1n) is 7.63. The van der Waals surface area contributed by atoms with Crippen molar-refractivity contribution in [2.24, 2.45) is 0 Å². The van der Waals surface area contributed by atoms with Gasteiger partial charge in [0.05, 0.1) is 5.52 Å². The molecule has 0 aliphatic heterocycles. The Morgan fingerprint density at radius 1 is 1.13 bits per heavy atom. The molecule has 0 spiro atoms. The molecule has 0 saturated carbocycles. The second-order valence-corrected chi connectivity index (χ2v) is 5.91. The molecule has 1 amide bonds. The Kier molecular flexibility index (Phi) is 4.10. The zero-order valence-electron chi connectivity index (χ0n) is 13.7. The van der Waals surface area contributed by atoms with Gasteiger partial charge in [-0.3, -0.25) is 4.79 Å². The van der Waals surface area contributed by atoms with Gasteiger partial charge >= 0.3 is 0 Å². The van der Waals surface area contributed by atoms with Gasteiger partial charge in [-0.2, -0.15) is 0 Å². The lowest BCUT2D eigenvalue weighted by atomic mass is 10.1. The maximum Gasteiger partial charge on any atom is 0.244 e. The highest BCUT2D eigenvalue weighted by Gasteiger charge is 2.14. The summed E-state index contributed by atoms with van der Waals surface area (Å²) in [6.07, 6.45) is 0. The number of rotatable bonds is 4. The average molecular weight is 308 g/mol. The van der Waals surface area contributed by atoms with E-state index in [-0.39, 0.29) is 12.5 Å². The van der Waals surface area contributed by atoms with Gasteiger partial charge in [-0.25, -0.2) is 4.68 Å². The van der Waals surface area contributed by atoms with Gasteiger partial charge in [0.25, 0.3) is 0 Å². The van der Waals surface area contributed by atoms with Crippen LogP contribution in [0, 0.1) is 13.8 Å². The molecule has 1 aromatic heterocycles. The summed E-state index contributed by atoms with van der Waals surface area (Å²) in [6.45, 7) is 4.88. The van der Waals surface area contributed by atoms with Gasteiger partial charge in [-0.05, 0) is 42.7 Å². The summed E-state index contributed by atoms with van der Waals surface area (Å²) in [5.41, 5.74) is 5.18. The van der Waals surface area contributed by atoms with E-state index in [1.54, 1.807) is 9.58 Å². The van der Waals surface area contributed by atoms with Gasteiger partial charge in [0, 0.05) is 13.6 Å². The van der Waals surface area contributed by atoms with Crippen molar-refractivity contribution in [1.82, 2.24) is 19.9 Å². The zero-order valence-corrected chi connectivity index (χ0v) is 13.7. The topological polar surface area (TPSA) is 51.0 Å². The lowest BCUT2D eigenvalue weighted by Gasteiger charge is -2.17. The lowest BCUT2D eigenvalue weighted by Crippen LogP contribution is -2.30. The highest BCUT2D eigenvalue weighted by molar-refractivity contribution is 5.80. The molecule has 0 aliphatic carbocycles. The van der Waals surface area contributed by atoms with Crippen molar-refractivity contribution >= 4 is 16.9 Å². The molecule has 0 aliphatic rings. The summed E-state index contributed by atoms with van der Waals surface area (Å²) in [5, 5.41) is 8.29. The molecule has 0 atom stereocenters. The van der Waals surface area contributed by atoms with Crippen LogP contribution in [0.3, 0.4) is 0 Å². The quantitative estimate of drug-likeness (QED) is 0.744. The van der Waals surface area contributed by atoms with E-state index >= 15 is 0 Å². The normalized spacial score (nSPS) is 10.9. The summed E-state index contributed by atoms with van der Waals surface area (Å²) in [5.74, 6) is 0.0129. The second kappa shape index (κ2) is 6.20. The largest absolute Gasteiger partial charge is 0.340 e. The molecule has 0 N–H and O–H groups in total. The molecule has 0 unspecified atom stereocenters. The van der Waals surface area contributed by atoms with Gasteiger partial charge in [-0.1, -0.05) is 35.5 Å². The Hall–Kier alpha value is -2.69. The first kappa shape index (κ1) is 15.2. The maximum atomic E-state index is 12.4. The SMILES string of the molecule is Cc1cc2nnn(CC(=O)N(C)Cc3ccccc3)c2cc1C. The molecule has 118 valence electrons. The molecular weight excluding hydrogens is 288 g/mol. The molecule has 0 bridgehead atoms. The Bertz CT molecular complexity index is 839. The smallest absolute Gasteiger partial charge is 0.244 e. The van der Waals surface area contributed by atoms with Gasteiger partial charge in [0.1, 0.15) is 12.1 Å². The number of nitrogens with zero attached hydrogens (tertiary/aromatic N) is 4. The van der Waals surface area contributed by atoms with Crippen LogP contribution in [0.25, 0.3) is 11.0 Å². The van der Waals surface area contributed by atoms with Crippen LogP contribution in [0.1, 0.15) is 16.7 Å². The van der Waals surface area contributed by atoms with Crippen molar-refractivity contribution in [3.63, 3.8) is 0 Å². The van der Waals surface area contributed by atoms with Gasteiger partial charge in [0.15, 0.2) is 0 Å². The fourth-order valence-corrected chi connectivity index (χ4v) is 2.53. The van der Waals surface area contributed by atoms with Crippen molar-refractivity contribution < 1.29 is 4.79 Å². The standard InChI is InChI=1S/C18H20N4O/c1-13-9-16-17(10-14(13)2)22(20-19-16)12-18(23)21(3)11-15-7-5-4-6-8-15/h4-10H,11-12H2,1-3H3. The summed E-state index contributed by atoms with van der Waals surface area (Å²) in [7, 11) is 1.81. The van der Waals surface area contributed by atoms with Crippen LogP contribution in [-0.2, 0) is 17.9 Å².